The Hall–Kier alpha value is -1.48. The minimum Gasteiger partial charge on any atom is -0.476 e. The summed E-state index contributed by atoms with van der Waals surface area (Å²) >= 11 is 0. The average Bonchev–Trinajstić information content (AvgIpc) is 2.58. The monoisotopic (exact) mass is 190 g/mol. The van der Waals surface area contributed by atoms with Crippen LogP contribution in [0.1, 0.15) is 0 Å². The third-order valence-corrected chi connectivity index (χ3v) is 2.03. The van der Waals surface area contributed by atoms with Gasteiger partial charge >= 0.3 is 0 Å². The zero-order valence-electron chi connectivity index (χ0n) is 8.45. The van der Waals surface area contributed by atoms with Gasteiger partial charge in [0, 0.05) is 17.1 Å². The molecule has 0 unspecified atom stereocenters. The lowest BCUT2D eigenvalue weighted by Crippen LogP contribution is -2.18. The number of aromatic amines is 1. The molecule has 0 aliphatic heterocycles. The molecular weight excluding hydrogens is 176 g/mol. The van der Waals surface area contributed by atoms with Gasteiger partial charge in [0.05, 0.1) is 0 Å². The van der Waals surface area contributed by atoms with Gasteiger partial charge in [0.2, 0.25) is 0 Å². The van der Waals surface area contributed by atoms with E-state index in [1.54, 1.807) is 0 Å². The lowest BCUT2D eigenvalue weighted by molar-refractivity contribution is 0.181. The Bertz CT molecular complexity index is 420. The summed E-state index contributed by atoms with van der Waals surface area (Å²) in [6.45, 7) is 0.599. The zero-order valence-corrected chi connectivity index (χ0v) is 8.45. The van der Waals surface area contributed by atoms with Crippen molar-refractivity contribution < 1.29 is 4.74 Å². The predicted molar refractivity (Wildman–Crippen MR) is 57.5 cm³/mol. The first kappa shape index (κ1) is 9.09. The Morgan fingerprint density at radius 3 is 2.86 bits per heavy atom. The van der Waals surface area contributed by atoms with Crippen molar-refractivity contribution in [1.82, 2.24) is 9.88 Å². The summed E-state index contributed by atoms with van der Waals surface area (Å²) < 4.78 is 5.62. The second-order valence-electron chi connectivity index (χ2n) is 3.55. The van der Waals surface area contributed by atoms with Crippen molar-refractivity contribution in [3.8, 4) is 5.75 Å². The van der Waals surface area contributed by atoms with E-state index in [9.17, 15) is 0 Å². The number of benzene rings is 1. The molecule has 3 nitrogen and oxygen atoms in total. The molecule has 0 saturated carbocycles. The first-order valence-electron chi connectivity index (χ1n) is 4.61. The van der Waals surface area contributed by atoms with Crippen molar-refractivity contribution in [2.75, 3.05) is 20.8 Å². The van der Waals surface area contributed by atoms with E-state index in [1.807, 2.05) is 43.4 Å². The van der Waals surface area contributed by atoms with E-state index in [-0.39, 0.29) is 0 Å². The summed E-state index contributed by atoms with van der Waals surface area (Å²) in [6.07, 6.45) is 1.90. The van der Waals surface area contributed by atoms with Gasteiger partial charge in [-0.3, -0.25) is 4.90 Å². The van der Waals surface area contributed by atoms with Gasteiger partial charge in [0.1, 0.15) is 12.5 Å². The number of H-pyrrole nitrogens is 1. The maximum atomic E-state index is 5.62. The molecule has 74 valence electrons. The van der Waals surface area contributed by atoms with Crippen LogP contribution in [0.25, 0.3) is 10.9 Å². The standard InChI is InChI=1S/C11H14N2O/c1-13(2)8-14-11-7-12-10-6-4-3-5-9(10)11/h3-7,12H,8H2,1-2H3. The highest BCUT2D eigenvalue weighted by Gasteiger charge is 2.03. The van der Waals surface area contributed by atoms with E-state index in [4.69, 9.17) is 4.74 Å². The summed E-state index contributed by atoms with van der Waals surface area (Å²) in [7, 11) is 3.96. The fourth-order valence-electron chi connectivity index (χ4n) is 1.36. The van der Waals surface area contributed by atoms with E-state index in [0.29, 0.717) is 6.73 Å². The molecule has 1 N–H and O–H groups in total. The largest absolute Gasteiger partial charge is 0.476 e. The Kier molecular flexibility index (Phi) is 2.41. The van der Waals surface area contributed by atoms with Gasteiger partial charge < -0.3 is 9.72 Å². The summed E-state index contributed by atoms with van der Waals surface area (Å²) in [4.78, 5) is 5.16. The van der Waals surface area contributed by atoms with Gasteiger partial charge in [0.15, 0.2) is 0 Å². The number of nitrogens with one attached hydrogen (secondary N) is 1. The molecular formula is C11H14N2O. The van der Waals surface area contributed by atoms with Crippen molar-refractivity contribution in [1.29, 1.82) is 0 Å². The molecule has 1 aromatic heterocycles. The van der Waals surface area contributed by atoms with Crippen molar-refractivity contribution in [2.45, 2.75) is 0 Å². The zero-order chi connectivity index (χ0) is 9.97. The van der Waals surface area contributed by atoms with Crippen LogP contribution in [0.15, 0.2) is 30.5 Å². The van der Waals surface area contributed by atoms with E-state index in [2.05, 4.69) is 11.1 Å². The molecule has 1 heterocycles. The SMILES string of the molecule is CN(C)COc1c[nH]c2ccccc12. The quantitative estimate of drug-likeness (QED) is 0.750. The van der Waals surface area contributed by atoms with Gasteiger partial charge in [-0.05, 0) is 26.2 Å². The van der Waals surface area contributed by atoms with Gasteiger partial charge in [-0.15, -0.1) is 0 Å². The second kappa shape index (κ2) is 3.72. The molecule has 14 heavy (non-hydrogen) atoms. The lowest BCUT2D eigenvalue weighted by Gasteiger charge is -2.10. The van der Waals surface area contributed by atoms with E-state index < -0.39 is 0 Å². The van der Waals surface area contributed by atoms with Crippen LogP contribution in [0.2, 0.25) is 0 Å². The van der Waals surface area contributed by atoms with Crippen molar-refractivity contribution >= 4 is 10.9 Å². The summed E-state index contributed by atoms with van der Waals surface area (Å²) in [6, 6.07) is 8.11. The number of hydrogen-bond donors (Lipinski definition) is 1. The van der Waals surface area contributed by atoms with Gasteiger partial charge in [-0.1, -0.05) is 12.1 Å². The number of aromatic nitrogens is 1. The Labute approximate surface area is 83.3 Å². The van der Waals surface area contributed by atoms with Gasteiger partial charge in [-0.25, -0.2) is 0 Å². The minimum atomic E-state index is 0.599. The molecule has 1 aromatic carbocycles. The third-order valence-electron chi connectivity index (χ3n) is 2.03. The molecule has 0 bridgehead atoms. The number of rotatable bonds is 3. The lowest BCUT2D eigenvalue weighted by atomic mass is 10.2. The first-order chi connectivity index (χ1) is 6.77. The van der Waals surface area contributed by atoms with Gasteiger partial charge in [0.25, 0.3) is 0 Å². The molecule has 0 aliphatic carbocycles. The molecule has 0 fully saturated rings. The molecule has 3 heteroatoms. The van der Waals surface area contributed by atoms with Crippen LogP contribution < -0.4 is 4.74 Å². The topological polar surface area (TPSA) is 28.3 Å². The molecule has 0 saturated heterocycles. The molecule has 0 amide bonds. The Balaban J connectivity index is 2.25. The van der Waals surface area contributed by atoms with E-state index >= 15 is 0 Å². The van der Waals surface area contributed by atoms with Crippen molar-refractivity contribution in [3.63, 3.8) is 0 Å². The molecule has 2 rings (SSSR count). The normalized spacial score (nSPS) is 11.1. The average molecular weight is 190 g/mol. The smallest absolute Gasteiger partial charge is 0.146 e. The third kappa shape index (κ3) is 1.72. The second-order valence-corrected chi connectivity index (χ2v) is 3.55. The molecule has 0 radical (unpaired) electrons. The van der Waals surface area contributed by atoms with Crippen LogP contribution in [0.4, 0.5) is 0 Å². The minimum absolute atomic E-state index is 0.599. The highest BCUT2D eigenvalue weighted by molar-refractivity contribution is 5.85. The first-order valence-corrected chi connectivity index (χ1v) is 4.61. The fourth-order valence-corrected chi connectivity index (χ4v) is 1.36. The van der Waals surface area contributed by atoms with Crippen LogP contribution in [0.3, 0.4) is 0 Å². The maximum absolute atomic E-state index is 5.62. The predicted octanol–water partition coefficient (Wildman–Crippen LogP) is 2.07. The van der Waals surface area contributed by atoms with E-state index in [1.165, 1.54) is 0 Å². The highest BCUT2D eigenvalue weighted by Crippen LogP contribution is 2.24. The summed E-state index contributed by atoms with van der Waals surface area (Å²) in [5, 5.41) is 1.13. The van der Waals surface area contributed by atoms with Crippen LogP contribution in [-0.2, 0) is 0 Å². The van der Waals surface area contributed by atoms with E-state index in [0.717, 1.165) is 16.7 Å². The maximum Gasteiger partial charge on any atom is 0.146 e. The molecule has 0 spiro atoms. The summed E-state index contributed by atoms with van der Waals surface area (Å²) in [5.74, 6) is 0.911. The Morgan fingerprint density at radius 1 is 1.29 bits per heavy atom. The van der Waals surface area contributed by atoms with Crippen molar-refractivity contribution in [2.24, 2.45) is 0 Å². The fraction of sp³-hybridized carbons (Fsp3) is 0.273. The molecule has 0 aliphatic rings. The molecule has 0 atom stereocenters. The van der Waals surface area contributed by atoms with Crippen LogP contribution in [-0.4, -0.2) is 30.7 Å². The summed E-state index contributed by atoms with van der Waals surface area (Å²) in [5.41, 5.74) is 1.11. The van der Waals surface area contributed by atoms with Crippen LogP contribution in [0, 0.1) is 0 Å². The number of para-hydroxylation sites is 1. The highest BCUT2D eigenvalue weighted by atomic mass is 16.5. The van der Waals surface area contributed by atoms with Gasteiger partial charge in [-0.2, -0.15) is 0 Å². The Morgan fingerprint density at radius 2 is 2.07 bits per heavy atom. The molecule has 2 aromatic rings. The van der Waals surface area contributed by atoms with Crippen molar-refractivity contribution in [3.05, 3.63) is 30.5 Å². The number of hydrogen-bond acceptors (Lipinski definition) is 2. The number of nitrogens with zero attached hydrogens (tertiary/aromatic N) is 1. The number of ether oxygens (including phenoxy) is 1. The number of fused-ring (bicyclic) bond motifs is 1. The van der Waals surface area contributed by atoms with Crippen LogP contribution >= 0.6 is 0 Å². The van der Waals surface area contributed by atoms with Crippen LogP contribution in [0.5, 0.6) is 5.75 Å².